The Hall–Kier alpha value is -0.0800. The van der Waals surface area contributed by atoms with Crippen LogP contribution in [-0.4, -0.2) is 18.8 Å². The highest BCUT2D eigenvalue weighted by Crippen LogP contribution is 2.35. The molecule has 1 saturated carbocycles. The van der Waals surface area contributed by atoms with Crippen molar-refractivity contribution in [3.8, 4) is 0 Å². The second-order valence-electron chi connectivity index (χ2n) is 4.98. The van der Waals surface area contributed by atoms with Crippen LogP contribution < -0.4 is 5.73 Å². The fourth-order valence-electron chi connectivity index (χ4n) is 1.99. The van der Waals surface area contributed by atoms with Crippen molar-refractivity contribution in [1.29, 1.82) is 0 Å². The maximum atomic E-state index is 6.02. The zero-order valence-electron chi connectivity index (χ0n) is 9.18. The molecule has 0 spiro atoms. The molecule has 0 heterocycles. The van der Waals surface area contributed by atoms with E-state index in [0.29, 0.717) is 11.5 Å². The lowest BCUT2D eigenvalue weighted by molar-refractivity contribution is -0.0185. The second kappa shape index (κ2) is 4.43. The molecule has 0 saturated heterocycles. The van der Waals surface area contributed by atoms with Gasteiger partial charge >= 0.3 is 0 Å². The lowest BCUT2D eigenvalue weighted by Crippen LogP contribution is -2.44. The van der Waals surface area contributed by atoms with E-state index in [0.717, 1.165) is 25.9 Å². The summed E-state index contributed by atoms with van der Waals surface area (Å²) in [6.45, 7) is 7.61. The summed E-state index contributed by atoms with van der Waals surface area (Å²) >= 11 is 0. The van der Waals surface area contributed by atoms with Crippen LogP contribution in [0.2, 0.25) is 0 Å². The van der Waals surface area contributed by atoms with E-state index in [-0.39, 0.29) is 6.04 Å². The fourth-order valence-corrected chi connectivity index (χ4v) is 1.99. The van der Waals surface area contributed by atoms with Crippen LogP contribution in [0.4, 0.5) is 0 Å². The Labute approximate surface area is 81.8 Å². The topological polar surface area (TPSA) is 35.2 Å². The van der Waals surface area contributed by atoms with Crippen molar-refractivity contribution >= 4 is 0 Å². The number of ether oxygens (including phenoxy) is 1. The van der Waals surface area contributed by atoms with Gasteiger partial charge in [0, 0.05) is 12.6 Å². The van der Waals surface area contributed by atoms with Crippen molar-refractivity contribution in [1.82, 2.24) is 0 Å². The average Bonchev–Trinajstić information content (AvgIpc) is 2.07. The van der Waals surface area contributed by atoms with Crippen molar-refractivity contribution in [2.24, 2.45) is 11.1 Å². The van der Waals surface area contributed by atoms with E-state index in [2.05, 4.69) is 20.8 Å². The SMILES string of the molecule is CCCOC1CC(C)(C)CCC1N. The molecule has 2 heteroatoms. The van der Waals surface area contributed by atoms with Gasteiger partial charge < -0.3 is 10.5 Å². The van der Waals surface area contributed by atoms with Crippen LogP contribution >= 0.6 is 0 Å². The Morgan fingerprint density at radius 2 is 2.15 bits per heavy atom. The molecule has 1 aliphatic rings. The van der Waals surface area contributed by atoms with Crippen molar-refractivity contribution in [3.05, 3.63) is 0 Å². The highest BCUT2D eigenvalue weighted by molar-refractivity contribution is 4.87. The van der Waals surface area contributed by atoms with Gasteiger partial charge in [-0.15, -0.1) is 0 Å². The molecule has 0 amide bonds. The zero-order valence-corrected chi connectivity index (χ0v) is 9.18. The third-order valence-electron chi connectivity index (χ3n) is 2.92. The molecule has 0 radical (unpaired) electrons. The van der Waals surface area contributed by atoms with Gasteiger partial charge in [-0.25, -0.2) is 0 Å². The highest BCUT2D eigenvalue weighted by Gasteiger charge is 2.33. The minimum Gasteiger partial charge on any atom is -0.377 e. The number of nitrogens with two attached hydrogens (primary N) is 1. The predicted octanol–water partition coefficient (Wildman–Crippen LogP) is 2.32. The predicted molar refractivity (Wildman–Crippen MR) is 55.6 cm³/mol. The first-order valence-corrected chi connectivity index (χ1v) is 5.42. The Balaban J connectivity index is 2.41. The van der Waals surface area contributed by atoms with E-state index in [1.54, 1.807) is 0 Å². The van der Waals surface area contributed by atoms with Crippen LogP contribution in [0.1, 0.15) is 46.5 Å². The van der Waals surface area contributed by atoms with Crippen LogP contribution in [0.15, 0.2) is 0 Å². The monoisotopic (exact) mass is 185 g/mol. The van der Waals surface area contributed by atoms with Crippen LogP contribution in [0.5, 0.6) is 0 Å². The summed E-state index contributed by atoms with van der Waals surface area (Å²) in [5.74, 6) is 0. The quantitative estimate of drug-likeness (QED) is 0.732. The summed E-state index contributed by atoms with van der Waals surface area (Å²) in [6.07, 6.45) is 4.85. The summed E-state index contributed by atoms with van der Waals surface area (Å²) in [7, 11) is 0. The van der Waals surface area contributed by atoms with Gasteiger partial charge in [0.05, 0.1) is 6.10 Å². The third-order valence-corrected chi connectivity index (χ3v) is 2.92. The Kier molecular flexibility index (Phi) is 3.74. The molecule has 2 nitrogen and oxygen atoms in total. The summed E-state index contributed by atoms with van der Waals surface area (Å²) in [5, 5.41) is 0. The van der Waals surface area contributed by atoms with E-state index >= 15 is 0 Å². The van der Waals surface area contributed by atoms with Crippen molar-refractivity contribution in [2.75, 3.05) is 6.61 Å². The van der Waals surface area contributed by atoms with Gasteiger partial charge in [-0.3, -0.25) is 0 Å². The number of rotatable bonds is 3. The zero-order chi connectivity index (χ0) is 9.90. The minimum absolute atomic E-state index is 0.263. The van der Waals surface area contributed by atoms with Crippen LogP contribution in [0, 0.1) is 5.41 Å². The smallest absolute Gasteiger partial charge is 0.0731 e. The molecule has 1 rings (SSSR count). The summed E-state index contributed by atoms with van der Waals surface area (Å²) < 4.78 is 5.75. The highest BCUT2D eigenvalue weighted by atomic mass is 16.5. The summed E-state index contributed by atoms with van der Waals surface area (Å²) in [4.78, 5) is 0. The van der Waals surface area contributed by atoms with Gasteiger partial charge in [0.1, 0.15) is 0 Å². The summed E-state index contributed by atoms with van der Waals surface area (Å²) in [5.41, 5.74) is 6.44. The van der Waals surface area contributed by atoms with Crippen molar-refractivity contribution in [2.45, 2.75) is 58.6 Å². The maximum absolute atomic E-state index is 6.02. The lowest BCUT2D eigenvalue weighted by atomic mass is 9.74. The molecule has 2 unspecified atom stereocenters. The Bertz CT molecular complexity index is 156. The van der Waals surface area contributed by atoms with E-state index in [9.17, 15) is 0 Å². The van der Waals surface area contributed by atoms with Gasteiger partial charge in [-0.05, 0) is 31.1 Å². The van der Waals surface area contributed by atoms with E-state index in [1.807, 2.05) is 0 Å². The lowest BCUT2D eigenvalue weighted by Gasteiger charge is -2.38. The van der Waals surface area contributed by atoms with Gasteiger partial charge in [0.2, 0.25) is 0 Å². The van der Waals surface area contributed by atoms with Crippen molar-refractivity contribution in [3.63, 3.8) is 0 Å². The molecule has 1 aliphatic carbocycles. The standard InChI is InChI=1S/C11H23NO/c1-4-7-13-10-8-11(2,3)6-5-9(10)12/h9-10H,4-8,12H2,1-3H3. The molecule has 1 fully saturated rings. The largest absolute Gasteiger partial charge is 0.377 e. The molecule has 0 aromatic heterocycles. The van der Waals surface area contributed by atoms with E-state index in [1.165, 1.54) is 6.42 Å². The van der Waals surface area contributed by atoms with E-state index in [4.69, 9.17) is 10.5 Å². The first-order valence-electron chi connectivity index (χ1n) is 5.42. The molecule has 78 valence electrons. The first kappa shape index (κ1) is 11.0. The number of hydrogen-bond acceptors (Lipinski definition) is 2. The third kappa shape index (κ3) is 3.28. The Morgan fingerprint density at radius 3 is 2.77 bits per heavy atom. The molecule has 0 bridgehead atoms. The maximum Gasteiger partial charge on any atom is 0.0731 e. The van der Waals surface area contributed by atoms with Gasteiger partial charge in [0.15, 0.2) is 0 Å². The van der Waals surface area contributed by atoms with Gasteiger partial charge in [-0.2, -0.15) is 0 Å². The van der Waals surface area contributed by atoms with Gasteiger partial charge in [-0.1, -0.05) is 20.8 Å². The normalized spacial score (nSPS) is 33.2. The van der Waals surface area contributed by atoms with Crippen LogP contribution in [-0.2, 0) is 4.74 Å². The van der Waals surface area contributed by atoms with Crippen LogP contribution in [0.25, 0.3) is 0 Å². The number of hydrogen-bond donors (Lipinski definition) is 1. The molecular formula is C11H23NO. The fraction of sp³-hybridized carbons (Fsp3) is 1.00. The molecule has 0 aromatic carbocycles. The molecule has 0 aliphatic heterocycles. The van der Waals surface area contributed by atoms with E-state index < -0.39 is 0 Å². The van der Waals surface area contributed by atoms with Gasteiger partial charge in [0.25, 0.3) is 0 Å². The summed E-state index contributed by atoms with van der Waals surface area (Å²) in [6, 6.07) is 0.263. The first-order chi connectivity index (χ1) is 6.05. The second-order valence-corrected chi connectivity index (χ2v) is 4.98. The van der Waals surface area contributed by atoms with Crippen molar-refractivity contribution < 1.29 is 4.74 Å². The molecule has 13 heavy (non-hydrogen) atoms. The molecule has 2 atom stereocenters. The van der Waals surface area contributed by atoms with Crippen LogP contribution in [0.3, 0.4) is 0 Å². The molecular weight excluding hydrogens is 162 g/mol. The minimum atomic E-state index is 0.263. The average molecular weight is 185 g/mol. The Morgan fingerprint density at radius 1 is 1.46 bits per heavy atom. The molecule has 2 N–H and O–H groups in total. The molecule has 0 aromatic rings.